The lowest BCUT2D eigenvalue weighted by Gasteiger charge is -2.19. The Morgan fingerprint density at radius 1 is 0.881 bits per heavy atom. The van der Waals surface area contributed by atoms with Crippen molar-refractivity contribution in [2.24, 2.45) is 5.73 Å². The van der Waals surface area contributed by atoms with Gasteiger partial charge in [0.05, 0.1) is 0 Å². The fourth-order valence-corrected chi connectivity index (χ4v) is 3.65. The molecule has 0 aliphatic carbocycles. The number of carboxylic acid groups (broad SMARTS) is 1. The van der Waals surface area contributed by atoms with Crippen molar-refractivity contribution in [3.8, 4) is 5.75 Å². The molecule has 0 saturated carbocycles. The zero-order chi connectivity index (χ0) is 31.0. The molecule has 3 aromatic carbocycles. The van der Waals surface area contributed by atoms with Gasteiger partial charge in [-0.2, -0.15) is 13.2 Å². The molecule has 1 atom stereocenters. The van der Waals surface area contributed by atoms with Crippen LogP contribution in [0.25, 0.3) is 0 Å². The summed E-state index contributed by atoms with van der Waals surface area (Å²) in [6.45, 7) is 3.39. The minimum absolute atomic E-state index is 0.129. The maximum atomic E-state index is 13.1. The van der Waals surface area contributed by atoms with E-state index < -0.39 is 18.2 Å². The van der Waals surface area contributed by atoms with Crippen molar-refractivity contribution >= 4 is 17.8 Å². The molecular formula is C31H36F3N3O5. The number of rotatable bonds is 13. The smallest absolute Gasteiger partial charge is 0.489 e. The summed E-state index contributed by atoms with van der Waals surface area (Å²) in [6, 6.07) is 24.2. The predicted octanol–water partition coefficient (Wildman–Crippen LogP) is 5.41. The Kier molecular flexibility index (Phi) is 14.0. The minimum Gasteiger partial charge on any atom is -0.489 e. The van der Waals surface area contributed by atoms with Crippen molar-refractivity contribution < 1.29 is 37.4 Å². The molecule has 42 heavy (non-hydrogen) atoms. The van der Waals surface area contributed by atoms with Crippen molar-refractivity contribution in [1.82, 2.24) is 10.6 Å². The quantitative estimate of drug-likeness (QED) is 0.198. The monoisotopic (exact) mass is 587 g/mol. The third-order valence-electron chi connectivity index (χ3n) is 6.00. The first-order valence-corrected chi connectivity index (χ1v) is 13.4. The molecule has 2 amide bonds. The van der Waals surface area contributed by atoms with E-state index in [0.29, 0.717) is 37.4 Å². The van der Waals surface area contributed by atoms with Gasteiger partial charge in [0.2, 0.25) is 11.8 Å². The van der Waals surface area contributed by atoms with Crippen molar-refractivity contribution in [3.63, 3.8) is 0 Å². The number of aliphatic carboxylic acids is 1. The summed E-state index contributed by atoms with van der Waals surface area (Å²) in [5, 5.41) is 13.0. The molecule has 11 heteroatoms. The first-order chi connectivity index (χ1) is 20.0. The third kappa shape index (κ3) is 12.4. The standard InChI is InChI=1S/C29H35N3O3.C2HF3O2/c1-2-3-5-10-27(33)32-28(29(34)31-20-23-13-11-22(19-30)12-14-23)25-15-17-26(18-16-25)35-21-24-8-6-4-7-9-24;3-2(4,5)1(6)7/h4,6-9,11-18,28H,2-3,5,10,19-21,30H2,1H3,(H,31,34)(H,32,33);(H,6,7)/t28-;/m0./s1. The fourth-order valence-electron chi connectivity index (χ4n) is 3.65. The van der Waals surface area contributed by atoms with Crippen LogP contribution in [0.15, 0.2) is 78.9 Å². The Bertz CT molecular complexity index is 1250. The zero-order valence-electron chi connectivity index (χ0n) is 23.3. The number of nitrogens with one attached hydrogen (secondary N) is 2. The SMILES string of the molecule is CCCCCC(=O)N[C@H](C(=O)NCc1ccc(CN)cc1)c1ccc(OCc2ccccc2)cc1.O=C(O)C(F)(F)F. The second-order valence-electron chi connectivity index (χ2n) is 9.34. The number of carbonyl (C=O) groups excluding carboxylic acids is 2. The Morgan fingerprint density at radius 3 is 2.02 bits per heavy atom. The number of unbranched alkanes of at least 4 members (excludes halogenated alkanes) is 2. The molecule has 0 aromatic heterocycles. The average Bonchev–Trinajstić information content (AvgIpc) is 2.98. The number of hydrogen-bond acceptors (Lipinski definition) is 5. The van der Waals surface area contributed by atoms with E-state index >= 15 is 0 Å². The minimum atomic E-state index is -5.08. The Balaban J connectivity index is 0.000000782. The van der Waals surface area contributed by atoms with Crippen LogP contribution in [0.5, 0.6) is 5.75 Å². The molecule has 3 rings (SSSR count). The van der Waals surface area contributed by atoms with Crippen molar-refractivity contribution in [3.05, 3.63) is 101 Å². The van der Waals surface area contributed by atoms with Crippen LogP contribution in [0.1, 0.15) is 60.9 Å². The van der Waals surface area contributed by atoms with Crippen molar-refractivity contribution in [2.75, 3.05) is 0 Å². The van der Waals surface area contributed by atoms with Crippen LogP contribution in [0.4, 0.5) is 13.2 Å². The lowest BCUT2D eigenvalue weighted by Crippen LogP contribution is -2.40. The van der Waals surface area contributed by atoms with E-state index in [1.807, 2.05) is 78.9 Å². The summed E-state index contributed by atoms with van der Waals surface area (Å²) in [4.78, 5) is 34.6. The maximum absolute atomic E-state index is 13.1. The fraction of sp³-hybridized carbons (Fsp3) is 0.323. The van der Waals surface area contributed by atoms with Crippen molar-refractivity contribution in [1.29, 1.82) is 0 Å². The molecule has 0 aliphatic heterocycles. The highest BCUT2D eigenvalue weighted by molar-refractivity contribution is 5.88. The molecule has 226 valence electrons. The van der Waals surface area contributed by atoms with Gasteiger partial charge in [0.25, 0.3) is 0 Å². The van der Waals surface area contributed by atoms with E-state index in [9.17, 15) is 22.8 Å². The lowest BCUT2D eigenvalue weighted by molar-refractivity contribution is -0.192. The number of alkyl halides is 3. The highest BCUT2D eigenvalue weighted by Crippen LogP contribution is 2.20. The molecule has 0 saturated heterocycles. The summed E-state index contributed by atoms with van der Waals surface area (Å²) >= 11 is 0. The van der Waals surface area contributed by atoms with Gasteiger partial charge in [-0.05, 0) is 40.8 Å². The van der Waals surface area contributed by atoms with E-state index in [1.165, 1.54) is 0 Å². The molecule has 0 bridgehead atoms. The van der Waals surface area contributed by atoms with Crippen LogP contribution in [0.3, 0.4) is 0 Å². The van der Waals surface area contributed by atoms with Crippen LogP contribution in [-0.2, 0) is 34.1 Å². The van der Waals surface area contributed by atoms with Gasteiger partial charge in [-0.25, -0.2) is 4.79 Å². The largest absolute Gasteiger partial charge is 0.490 e. The van der Waals surface area contributed by atoms with Crippen LogP contribution < -0.4 is 21.1 Å². The molecule has 0 fully saturated rings. The average molecular weight is 588 g/mol. The number of hydrogen-bond donors (Lipinski definition) is 4. The van der Waals surface area contributed by atoms with Crippen LogP contribution in [0.2, 0.25) is 0 Å². The molecular weight excluding hydrogens is 551 g/mol. The number of ether oxygens (including phenoxy) is 1. The van der Waals surface area contributed by atoms with E-state index in [0.717, 1.165) is 36.0 Å². The van der Waals surface area contributed by atoms with Crippen molar-refractivity contribution in [2.45, 2.75) is 64.5 Å². The zero-order valence-corrected chi connectivity index (χ0v) is 23.3. The van der Waals surface area contributed by atoms with E-state index in [2.05, 4.69) is 17.6 Å². The molecule has 0 aliphatic rings. The molecule has 3 aromatic rings. The lowest BCUT2D eigenvalue weighted by atomic mass is 10.0. The first-order valence-electron chi connectivity index (χ1n) is 13.4. The summed E-state index contributed by atoms with van der Waals surface area (Å²) in [6.07, 6.45) is -1.87. The van der Waals surface area contributed by atoms with E-state index in [1.54, 1.807) is 0 Å². The van der Waals surface area contributed by atoms with Crippen LogP contribution in [-0.4, -0.2) is 29.1 Å². The first kappa shape index (κ1) is 33.8. The van der Waals surface area contributed by atoms with Gasteiger partial charge >= 0.3 is 12.1 Å². The van der Waals surface area contributed by atoms with Gasteiger partial charge in [-0.1, -0.05) is 86.5 Å². The van der Waals surface area contributed by atoms with Gasteiger partial charge in [0.1, 0.15) is 18.4 Å². The van der Waals surface area contributed by atoms with E-state index in [4.69, 9.17) is 20.4 Å². The number of halogens is 3. The predicted molar refractivity (Wildman–Crippen MR) is 152 cm³/mol. The highest BCUT2D eigenvalue weighted by Gasteiger charge is 2.38. The Morgan fingerprint density at radius 2 is 1.48 bits per heavy atom. The summed E-state index contributed by atoms with van der Waals surface area (Å²) in [7, 11) is 0. The van der Waals surface area contributed by atoms with Crippen LogP contribution >= 0.6 is 0 Å². The molecule has 8 nitrogen and oxygen atoms in total. The van der Waals surface area contributed by atoms with Gasteiger partial charge in [0.15, 0.2) is 0 Å². The summed E-state index contributed by atoms with van der Waals surface area (Å²) in [5.41, 5.74) is 9.44. The molecule has 0 radical (unpaired) electrons. The van der Waals surface area contributed by atoms with E-state index in [-0.39, 0.29) is 11.8 Å². The number of carbonyl (C=O) groups is 3. The van der Waals surface area contributed by atoms with Crippen LogP contribution in [0, 0.1) is 0 Å². The number of nitrogens with two attached hydrogens (primary N) is 1. The molecule has 0 unspecified atom stereocenters. The van der Waals surface area contributed by atoms with Gasteiger partial charge in [0, 0.05) is 19.5 Å². The number of benzene rings is 3. The number of carboxylic acids is 1. The maximum Gasteiger partial charge on any atom is 0.490 e. The van der Waals surface area contributed by atoms with Gasteiger partial charge in [-0.15, -0.1) is 0 Å². The highest BCUT2D eigenvalue weighted by atomic mass is 19.4. The summed E-state index contributed by atoms with van der Waals surface area (Å²) in [5.74, 6) is -2.44. The second kappa shape index (κ2) is 17.4. The normalized spacial score (nSPS) is 11.5. The Hall–Kier alpha value is -4.38. The second-order valence-corrected chi connectivity index (χ2v) is 9.34. The topological polar surface area (TPSA) is 131 Å². The molecule has 0 heterocycles. The van der Waals surface area contributed by atoms with Gasteiger partial charge in [-0.3, -0.25) is 9.59 Å². The summed E-state index contributed by atoms with van der Waals surface area (Å²) < 4.78 is 37.6. The molecule has 0 spiro atoms. The third-order valence-corrected chi connectivity index (χ3v) is 6.00. The van der Waals surface area contributed by atoms with Gasteiger partial charge < -0.3 is 26.2 Å². The Labute approximate surface area is 243 Å². The number of amides is 2. The molecule has 5 N–H and O–H groups in total.